The Labute approximate surface area is 137 Å². The molecule has 0 amide bonds. The summed E-state index contributed by atoms with van der Waals surface area (Å²) in [6.07, 6.45) is -1.82. The van der Waals surface area contributed by atoms with E-state index in [1.165, 1.54) is 0 Å². The molecule has 1 aromatic rings. The number of carbonyl (C=O) groups is 2. The van der Waals surface area contributed by atoms with Crippen molar-refractivity contribution in [2.24, 2.45) is 0 Å². The maximum absolute atomic E-state index is 12.0. The summed E-state index contributed by atoms with van der Waals surface area (Å²) in [5, 5.41) is 0. The third-order valence-electron chi connectivity index (χ3n) is 2.84. The zero-order valence-corrected chi connectivity index (χ0v) is 14.3. The van der Waals surface area contributed by atoms with Gasteiger partial charge in [-0.05, 0) is 40.2 Å². The van der Waals surface area contributed by atoms with Gasteiger partial charge in [0.05, 0.1) is 12.2 Å². The quantitative estimate of drug-likeness (QED) is 0.603. The predicted molar refractivity (Wildman–Crippen MR) is 87.0 cm³/mol. The Hall–Kier alpha value is -2.30. The highest BCUT2D eigenvalue weighted by Crippen LogP contribution is 2.27. The maximum atomic E-state index is 12.0. The minimum Gasteiger partial charge on any atom is -0.463 e. The normalized spacial score (nSPS) is 12.2. The van der Waals surface area contributed by atoms with Gasteiger partial charge in [0.1, 0.15) is 5.60 Å². The van der Waals surface area contributed by atoms with Gasteiger partial charge < -0.3 is 14.2 Å². The van der Waals surface area contributed by atoms with Gasteiger partial charge in [0.2, 0.25) is 0 Å². The van der Waals surface area contributed by atoms with Crippen molar-refractivity contribution >= 4 is 12.1 Å². The summed E-state index contributed by atoms with van der Waals surface area (Å²) in [5.41, 5.74) is 1.02. The van der Waals surface area contributed by atoms with Crippen LogP contribution in [0.1, 0.15) is 44.9 Å². The molecule has 1 rings (SSSR count). The SMILES string of the molecule is C=C(C(=O)OCC)C(OC(=O)OC(C)(C)C)c1ccc(C)cc1. The highest BCUT2D eigenvalue weighted by Gasteiger charge is 2.28. The number of benzene rings is 1. The predicted octanol–water partition coefficient (Wildman–Crippen LogP) is 4.11. The number of esters is 1. The Morgan fingerprint density at radius 1 is 1.17 bits per heavy atom. The Bertz CT molecular complexity index is 566. The first-order valence-electron chi connectivity index (χ1n) is 7.46. The smallest absolute Gasteiger partial charge is 0.463 e. The molecule has 0 N–H and O–H groups in total. The van der Waals surface area contributed by atoms with E-state index in [-0.39, 0.29) is 12.2 Å². The van der Waals surface area contributed by atoms with Gasteiger partial charge in [-0.2, -0.15) is 0 Å². The van der Waals surface area contributed by atoms with E-state index in [0.717, 1.165) is 5.56 Å². The summed E-state index contributed by atoms with van der Waals surface area (Å²) in [4.78, 5) is 23.9. The standard InChI is InChI=1S/C18H24O5/c1-7-21-16(19)13(3)15(14-10-8-12(2)9-11-14)22-17(20)23-18(4,5)6/h8-11,15H,3,7H2,1-2,4-6H3. The van der Waals surface area contributed by atoms with Crippen molar-refractivity contribution in [1.82, 2.24) is 0 Å². The number of rotatable bonds is 5. The van der Waals surface area contributed by atoms with E-state index in [1.807, 2.05) is 19.1 Å². The summed E-state index contributed by atoms with van der Waals surface area (Å²) in [6, 6.07) is 7.27. The van der Waals surface area contributed by atoms with Crippen LogP contribution >= 0.6 is 0 Å². The molecule has 0 bridgehead atoms. The zero-order chi connectivity index (χ0) is 17.6. The molecule has 1 atom stereocenters. The molecule has 0 heterocycles. The van der Waals surface area contributed by atoms with E-state index >= 15 is 0 Å². The molecule has 0 radical (unpaired) electrons. The number of aryl methyl sites for hydroxylation is 1. The van der Waals surface area contributed by atoms with Crippen LogP contribution in [0.2, 0.25) is 0 Å². The van der Waals surface area contributed by atoms with E-state index in [0.29, 0.717) is 5.56 Å². The van der Waals surface area contributed by atoms with Crippen molar-refractivity contribution in [3.8, 4) is 0 Å². The molecule has 0 aromatic heterocycles. The molecule has 1 unspecified atom stereocenters. The van der Waals surface area contributed by atoms with Crippen molar-refractivity contribution in [2.75, 3.05) is 6.61 Å². The highest BCUT2D eigenvalue weighted by atomic mass is 16.7. The van der Waals surface area contributed by atoms with Crippen LogP contribution in [0.5, 0.6) is 0 Å². The van der Waals surface area contributed by atoms with Gasteiger partial charge in [-0.3, -0.25) is 0 Å². The van der Waals surface area contributed by atoms with E-state index in [2.05, 4.69) is 6.58 Å². The van der Waals surface area contributed by atoms with Crippen LogP contribution in [0.4, 0.5) is 4.79 Å². The summed E-state index contributed by atoms with van der Waals surface area (Å²) in [7, 11) is 0. The lowest BCUT2D eigenvalue weighted by atomic mass is 10.0. The van der Waals surface area contributed by atoms with Crippen LogP contribution in [0.15, 0.2) is 36.4 Å². The second-order valence-electron chi connectivity index (χ2n) is 6.12. The summed E-state index contributed by atoms with van der Waals surface area (Å²) in [5.74, 6) is -0.610. The maximum Gasteiger partial charge on any atom is 0.509 e. The molecule has 0 spiro atoms. The van der Waals surface area contributed by atoms with Gasteiger partial charge >= 0.3 is 12.1 Å². The fraction of sp³-hybridized carbons (Fsp3) is 0.444. The fourth-order valence-electron chi connectivity index (χ4n) is 1.78. The van der Waals surface area contributed by atoms with E-state index in [1.54, 1.807) is 39.8 Å². The van der Waals surface area contributed by atoms with E-state index in [4.69, 9.17) is 14.2 Å². The van der Waals surface area contributed by atoms with Gasteiger partial charge in [-0.15, -0.1) is 0 Å². The molecule has 0 saturated heterocycles. The first-order chi connectivity index (χ1) is 10.6. The van der Waals surface area contributed by atoms with Crippen LogP contribution in [0.25, 0.3) is 0 Å². The molecular formula is C18H24O5. The molecule has 126 valence electrons. The molecule has 0 aliphatic rings. The van der Waals surface area contributed by atoms with Crippen LogP contribution in [0, 0.1) is 6.92 Å². The average molecular weight is 320 g/mol. The molecule has 0 aliphatic heterocycles. The monoisotopic (exact) mass is 320 g/mol. The lowest BCUT2D eigenvalue weighted by molar-refractivity contribution is -0.139. The minimum absolute atomic E-state index is 0.0431. The van der Waals surface area contributed by atoms with E-state index in [9.17, 15) is 9.59 Å². The Morgan fingerprint density at radius 3 is 2.22 bits per heavy atom. The second kappa shape index (κ2) is 7.81. The van der Waals surface area contributed by atoms with Crippen LogP contribution in [-0.2, 0) is 19.0 Å². The van der Waals surface area contributed by atoms with Crippen LogP contribution in [-0.4, -0.2) is 24.3 Å². The first-order valence-corrected chi connectivity index (χ1v) is 7.46. The summed E-state index contributed by atoms with van der Waals surface area (Å²) >= 11 is 0. The number of hydrogen-bond donors (Lipinski definition) is 0. The zero-order valence-electron chi connectivity index (χ0n) is 14.3. The Morgan fingerprint density at radius 2 is 1.74 bits per heavy atom. The minimum atomic E-state index is -0.954. The topological polar surface area (TPSA) is 61.8 Å². The lowest BCUT2D eigenvalue weighted by Gasteiger charge is -2.23. The third-order valence-corrected chi connectivity index (χ3v) is 2.84. The van der Waals surface area contributed by atoms with Gasteiger partial charge in [0.15, 0.2) is 6.10 Å². The Kier molecular flexibility index (Phi) is 6.37. The molecule has 0 aliphatic carbocycles. The number of carbonyl (C=O) groups excluding carboxylic acids is 2. The van der Waals surface area contributed by atoms with Gasteiger partial charge in [0.25, 0.3) is 0 Å². The molecule has 0 fully saturated rings. The molecule has 1 aromatic carbocycles. The van der Waals surface area contributed by atoms with Gasteiger partial charge in [-0.1, -0.05) is 36.4 Å². The summed E-state index contributed by atoms with van der Waals surface area (Å²) in [6.45, 7) is 12.8. The van der Waals surface area contributed by atoms with Gasteiger partial charge in [0, 0.05) is 0 Å². The first kappa shape index (κ1) is 18.7. The summed E-state index contributed by atoms with van der Waals surface area (Å²) < 4.78 is 15.4. The van der Waals surface area contributed by atoms with Gasteiger partial charge in [-0.25, -0.2) is 9.59 Å². The highest BCUT2D eigenvalue weighted by molar-refractivity contribution is 5.89. The molecular weight excluding hydrogens is 296 g/mol. The fourth-order valence-corrected chi connectivity index (χ4v) is 1.78. The molecule has 5 heteroatoms. The second-order valence-corrected chi connectivity index (χ2v) is 6.12. The van der Waals surface area contributed by atoms with E-state index < -0.39 is 23.8 Å². The number of hydrogen-bond acceptors (Lipinski definition) is 5. The Balaban J connectivity index is 3.01. The third kappa shape index (κ3) is 6.14. The average Bonchev–Trinajstić information content (AvgIpc) is 2.43. The molecule has 0 saturated carbocycles. The van der Waals surface area contributed by atoms with Crippen molar-refractivity contribution in [3.63, 3.8) is 0 Å². The van der Waals surface area contributed by atoms with Crippen LogP contribution < -0.4 is 0 Å². The van der Waals surface area contributed by atoms with Crippen molar-refractivity contribution in [1.29, 1.82) is 0 Å². The van der Waals surface area contributed by atoms with Crippen molar-refractivity contribution in [3.05, 3.63) is 47.5 Å². The number of ether oxygens (including phenoxy) is 3. The molecule has 23 heavy (non-hydrogen) atoms. The molecule has 5 nitrogen and oxygen atoms in total. The lowest BCUT2D eigenvalue weighted by Crippen LogP contribution is -2.27. The largest absolute Gasteiger partial charge is 0.509 e. The van der Waals surface area contributed by atoms with Crippen molar-refractivity contribution in [2.45, 2.75) is 46.3 Å². The van der Waals surface area contributed by atoms with Crippen LogP contribution in [0.3, 0.4) is 0 Å². The van der Waals surface area contributed by atoms with Crippen molar-refractivity contribution < 1.29 is 23.8 Å².